The number of hydrogen-bond acceptors (Lipinski definition) is 2. The van der Waals surface area contributed by atoms with E-state index in [1.165, 1.54) is 4.90 Å². The molecule has 1 atom stereocenters. The molecule has 0 saturated carbocycles. The number of hydrogen-bond donors (Lipinski definition) is 2. The third kappa shape index (κ3) is 6.08. The molecule has 2 N–H and O–H groups in total. The van der Waals surface area contributed by atoms with E-state index in [0.29, 0.717) is 19.5 Å². The minimum absolute atomic E-state index is 0.146. The first-order valence-corrected chi connectivity index (χ1v) is 6.04. The number of carboxylic acid groups (broad SMARTS) is 1. The first kappa shape index (κ1) is 16.2. The van der Waals surface area contributed by atoms with E-state index >= 15 is 0 Å². The predicted molar refractivity (Wildman–Crippen MR) is 71.4 cm³/mol. The van der Waals surface area contributed by atoms with Crippen LogP contribution in [0.1, 0.15) is 19.8 Å². The Balaban J connectivity index is 4.30. The Kier molecular flexibility index (Phi) is 8.35. The highest BCUT2D eigenvalue weighted by Gasteiger charge is 2.18. The van der Waals surface area contributed by atoms with Gasteiger partial charge in [0.15, 0.2) is 0 Å². The number of carboxylic acids is 1. The zero-order valence-electron chi connectivity index (χ0n) is 10.9. The minimum Gasteiger partial charge on any atom is -0.481 e. The Morgan fingerprint density at radius 3 is 2.28 bits per heavy atom. The van der Waals surface area contributed by atoms with Crippen LogP contribution in [0.15, 0.2) is 25.3 Å². The van der Waals surface area contributed by atoms with Crippen LogP contribution in [0.25, 0.3) is 0 Å². The molecule has 0 aliphatic heterocycles. The lowest BCUT2D eigenvalue weighted by Crippen LogP contribution is -2.43. The number of nitrogens with zero attached hydrogens (tertiary/aromatic N) is 1. The fourth-order valence-electron chi connectivity index (χ4n) is 1.54. The summed E-state index contributed by atoms with van der Waals surface area (Å²) in [4.78, 5) is 24.2. The molecule has 0 radical (unpaired) electrons. The van der Waals surface area contributed by atoms with Gasteiger partial charge in [0.1, 0.15) is 0 Å². The van der Waals surface area contributed by atoms with Crippen molar-refractivity contribution < 1.29 is 14.7 Å². The maximum Gasteiger partial charge on any atom is 0.317 e. The van der Waals surface area contributed by atoms with Crippen molar-refractivity contribution in [3.05, 3.63) is 25.3 Å². The highest BCUT2D eigenvalue weighted by molar-refractivity contribution is 5.76. The van der Waals surface area contributed by atoms with E-state index in [0.717, 1.165) is 6.42 Å². The van der Waals surface area contributed by atoms with Gasteiger partial charge < -0.3 is 15.3 Å². The third-order valence-electron chi connectivity index (χ3n) is 2.47. The number of urea groups is 1. The topological polar surface area (TPSA) is 69.6 Å². The first-order valence-electron chi connectivity index (χ1n) is 6.04. The van der Waals surface area contributed by atoms with Crippen molar-refractivity contribution in [2.24, 2.45) is 5.92 Å². The lowest BCUT2D eigenvalue weighted by molar-refractivity contribution is -0.141. The smallest absolute Gasteiger partial charge is 0.317 e. The summed E-state index contributed by atoms with van der Waals surface area (Å²) in [5.41, 5.74) is 0. The predicted octanol–water partition coefficient (Wildman–Crippen LogP) is 1.87. The molecule has 0 heterocycles. The van der Waals surface area contributed by atoms with Crippen LogP contribution in [-0.2, 0) is 4.79 Å². The Bertz CT molecular complexity index is 293. The SMILES string of the molecule is C=CCN(CC=C)C(=O)NCC(CCC)C(=O)O. The van der Waals surface area contributed by atoms with Crippen LogP contribution >= 0.6 is 0 Å². The minimum atomic E-state index is -0.879. The Morgan fingerprint density at radius 1 is 1.33 bits per heavy atom. The van der Waals surface area contributed by atoms with Gasteiger partial charge in [-0.3, -0.25) is 4.79 Å². The van der Waals surface area contributed by atoms with Gasteiger partial charge in [-0.05, 0) is 6.42 Å². The van der Waals surface area contributed by atoms with Gasteiger partial charge in [-0.1, -0.05) is 25.5 Å². The Hall–Kier alpha value is -1.78. The molecule has 0 spiro atoms. The van der Waals surface area contributed by atoms with E-state index in [1.807, 2.05) is 6.92 Å². The molecule has 0 aromatic carbocycles. The average Bonchev–Trinajstić information content (AvgIpc) is 2.33. The van der Waals surface area contributed by atoms with Crippen molar-refractivity contribution in [2.75, 3.05) is 19.6 Å². The highest BCUT2D eigenvalue weighted by Crippen LogP contribution is 2.05. The summed E-state index contributed by atoms with van der Waals surface area (Å²) in [6.07, 6.45) is 4.56. The van der Waals surface area contributed by atoms with Crippen LogP contribution in [0.5, 0.6) is 0 Å². The van der Waals surface area contributed by atoms with Crippen molar-refractivity contribution >= 4 is 12.0 Å². The van der Waals surface area contributed by atoms with Crippen LogP contribution in [0, 0.1) is 5.92 Å². The number of nitrogens with one attached hydrogen (secondary N) is 1. The molecule has 0 bridgehead atoms. The number of amides is 2. The zero-order valence-corrected chi connectivity index (χ0v) is 10.9. The van der Waals surface area contributed by atoms with E-state index in [1.54, 1.807) is 12.2 Å². The average molecular weight is 254 g/mol. The summed E-state index contributed by atoms with van der Waals surface area (Å²) in [6, 6.07) is -0.294. The Morgan fingerprint density at radius 2 is 1.89 bits per heavy atom. The molecule has 0 aliphatic rings. The second kappa shape index (κ2) is 9.27. The fraction of sp³-hybridized carbons (Fsp3) is 0.538. The third-order valence-corrected chi connectivity index (χ3v) is 2.47. The molecule has 102 valence electrons. The van der Waals surface area contributed by atoms with E-state index < -0.39 is 11.9 Å². The van der Waals surface area contributed by atoms with Gasteiger partial charge in [0.2, 0.25) is 0 Å². The lowest BCUT2D eigenvalue weighted by atomic mass is 10.0. The summed E-state index contributed by atoms with van der Waals surface area (Å²) in [5, 5.41) is 11.6. The van der Waals surface area contributed by atoms with Crippen LogP contribution in [0.3, 0.4) is 0 Å². The molecule has 0 aliphatic carbocycles. The molecule has 0 fully saturated rings. The number of carbonyl (C=O) groups excluding carboxylic acids is 1. The van der Waals surface area contributed by atoms with Gasteiger partial charge in [0, 0.05) is 19.6 Å². The molecule has 5 heteroatoms. The molecule has 5 nitrogen and oxygen atoms in total. The number of aliphatic carboxylic acids is 1. The van der Waals surface area contributed by atoms with Crippen LogP contribution in [-0.4, -0.2) is 41.6 Å². The molecular formula is C13H22N2O3. The monoisotopic (exact) mass is 254 g/mol. The van der Waals surface area contributed by atoms with E-state index in [-0.39, 0.29) is 12.6 Å². The summed E-state index contributed by atoms with van der Waals surface area (Å²) in [6.45, 7) is 10.0. The maximum atomic E-state index is 11.8. The number of rotatable bonds is 9. The highest BCUT2D eigenvalue weighted by atomic mass is 16.4. The lowest BCUT2D eigenvalue weighted by Gasteiger charge is -2.21. The van der Waals surface area contributed by atoms with Gasteiger partial charge >= 0.3 is 12.0 Å². The van der Waals surface area contributed by atoms with Gasteiger partial charge in [-0.15, -0.1) is 13.2 Å². The fourth-order valence-corrected chi connectivity index (χ4v) is 1.54. The summed E-state index contributed by atoms with van der Waals surface area (Å²) < 4.78 is 0. The van der Waals surface area contributed by atoms with E-state index in [9.17, 15) is 9.59 Å². The second-order valence-corrected chi connectivity index (χ2v) is 3.99. The van der Waals surface area contributed by atoms with Crippen molar-refractivity contribution in [1.82, 2.24) is 10.2 Å². The van der Waals surface area contributed by atoms with Crippen molar-refractivity contribution in [3.63, 3.8) is 0 Å². The number of carbonyl (C=O) groups is 2. The standard InChI is InChI=1S/C13H22N2O3/c1-4-7-11(12(16)17)10-14-13(18)15(8-5-2)9-6-3/h5-6,11H,2-4,7-10H2,1H3,(H,14,18)(H,16,17). The molecule has 0 aromatic rings. The largest absolute Gasteiger partial charge is 0.481 e. The molecule has 0 rings (SSSR count). The Labute approximate surface area is 108 Å². The van der Waals surface area contributed by atoms with Gasteiger partial charge in [-0.25, -0.2) is 4.79 Å². The van der Waals surface area contributed by atoms with Crippen molar-refractivity contribution in [2.45, 2.75) is 19.8 Å². The molecule has 1 unspecified atom stereocenters. The molecular weight excluding hydrogens is 232 g/mol. The zero-order chi connectivity index (χ0) is 14.0. The van der Waals surface area contributed by atoms with E-state index in [4.69, 9.17) is 5.11 Å². The summed E-state index contributed by atoms with van der Waals surface area (Å²) in [5.74, 6) is -1.41. The molecule has 0 aromatic heterocycles. The first-order chi connectivity index (χ1) is 8.56. The van der Waals surface area contributed by atoms with Gasteiger partial charge in [0.05, 0.1) is 5.92 Å². The van der Waals surface area contributed by atoms with Crippen molar-refractivity contribution in [1.29, 1.82) is 0 Å². The quantitative estimate of drug-likeness (QED) is 0.617. The molecule has 2 amide bonds. The molecule has 0 saturated heterocycles. The van der Waals surface area contributed by atoms with Crippen LogP contribution in [0.2, 0.25) is 0 Å². The maximum absolute atomic E-state index is 11.8. The van der Waals surface area contributed by atoms with Crippen LogP contribution < -0.4 is 5.32 Å². The second-order valence-electron chi connectivity index (χ2n) is 3.99. The normalized spacial score (nSPS) is 11.4. The summed E-state index contributed by atoms with van der Waals surface area (Å²) >= 11 is 0. The van der Waals surface area contributed by atoms with E-state index in [2.05, 4.69) is 18.5 Å². The van der Waals surface area contributed by atoms with Crippen molar-refractivity contribution in [3.8, 4) is 0 Å². The van der Waals surface area contributed by atoms with Crippen LogP contribution in [0.4, 0.5) is 4.79 Å². The molecule has 18 heavy (non-hydrogen) atoms. The summed E-state index contributed by atoms with van der Waals surface area (Å²) in [7, 11) is 0. The van der Waals surface area contributed by atoms with Gasteiger partial charge in [0.25, 0.3) is 0 Å². The van der Waals surface area contributed by atoms with Gasteiger partial charge in [-0.2, -0.15) is 0 Å².